The topological polar surface area (TPSA) is 121 Å². The Morgan fingerprint density at radius 1 is 1.21 bits per heavy atom. The molecule has 9 nitrogen and oxygen atoms in total. The molecule has 5 rings (SSSR count). The van der Waals surface area contributed by atoms with Gasteiger partial charge >= 0.3 is 0 Å². The molecule has 2 aliphatic heterocycles. The second kappa shape index (κ2) is 9.79. The van der Waals surface area contributed by atoms with Crippen molar-refractivity contribution in [2.24, 2.45) is 10.9 Å². The van der Waals surface area contributed by atoms with Crippen LogP contribution in [0, 0.1) is 19.8 Å². The van der Waals surface area contributed by atoms with E-state index in [9.17, 15) is 14.7 Å². The highest BCUT2D eigenvalue weighted by Crippen LogP contribution is 2.35. The highest BCUT2D eigenvalue weighted by atomic mass is 16.5. The van der Waals surface area contributed by atoms with Crippen LogP contribution in [0.1, 0.15) is 55.8 Å². The third kappa shape index (κ3) is 4.51. The number of aliphatic hydroxyl groups excluding tert-OH is 1. The zero-order chi connectivity index (χ0) is 27.2. The fourth-order valence-electron chi connectivity index (χ4n) is 5.44. The number of likely N-dealkylation sites (tertiary alicyclic amines) is 1. The Morgan fingerprint density at radius 3 is 2.58 bits per heavy atom. The molecule has 1 aromatic carbocycles. The predicted octanol–water partition coefficient (Wildman–Crippen LogP) is 3.50. The van der Waals surface area contributed by atoms with Gasteiger partial charge in [-0.1, -0.05) is 49.3 Å². The summed E-state index contributed by atoms with van der Waals surface area (Å²) < 4.78 is 5.45. The lowest BCUT2D eigenvalue weighted by atomic mass is 9.91. The van der Waals surface area contributed by atoms with Crippen LogP contribution in [-0.2, 0) is 15.1 Å². The largest absolute Gasteiger partial charge is 0.391 e. The van der Waals surface area contributed by atoms with Crippen LogP contribution in [0.5, 0.6) is 0 Å². The number of carbonyl (C=O) groups is 2. The predicted molar refractivity (Wildman–Crippen MR) is 142 cm³/mol. The molecule has 2 N–H and O–H groups in total. The number of aryl methyl sites for hydroxylation is 2. The summed E-state index contributed by atoms with van der Waals surface area (Å²) in [5.74, 6) is -0.172. The van der Waals surface area contributed by atoms with Crippen LogP contribution in [0.2, 0.25) is 0 Å². The van der Waals surface area contributed by atoms with E-state index >= 15 is 0 Å². The van der Waals surface area contributed by atoms with Crippen molar-refractivity contribution in [1.29, 1.82) is 0 Å². The number of aliphatic hydroxyl groups is 1. The molecule has 1 saturated heterocycles. The first-order chi connectivity index (χ1) is 18.1. The molecule has 0 unspecified atom stereocenters. The first-order valence-corrected chi connectivity index (χ1v) is 12.9. The number of aromatic nitrogens is 2. The number of hydrogen-bond donors (Lipinski definition) is 2. The molecule has 198 valence electrons. The van der Waals surface area contributed by atoms with Gasteiger partial charge in [0, 0.05) is 36.5 Å². The van der Waals surface area contributed by atoms with Gasteiger partial charge < -0.3 is 19.8 Å². The molecular formula is C29H33N5O4. The second-order valence-corrected chi connectivity index (χ2v) is 10.7. The lowest BCUT2D eigenvalue weighted by molar-refractivity contribution is -0.134. The summed E-state index contributed by atoms with van der Waals surface area (Å²) in [5.41, 5.74) is 3.24. The maximum Gasteiger partial charge on any atom is 0.257 e. The quantitative estimate of drug-likeness (QED) is 0.518. The van der Waals surface area contributed by atoms with Crippen LogP contribution in [0.3, 0.4) is 0 Å². The second-order valence-electron chi connectivity index (χ2n) is 10.7. The fraction of sp³-hybridized carbons (Fsp3) is 0.414. The van der Waals surface area contributed by atoms with Gasteiger partial charge in [-0.15, -0.1) is 0 Å². The molecule has 0 aliphatic carbocycles. The number of β-amino-alcohol motifs (C(OH)–C–C–N with tert-alkyl or cyclic N) is 1. The van der Waals surface area contributed by atoms with Crippen LogP contribution >= 0.6 is 0 Å². The average molecular weight is 516 g/mol. The number of nitrogens with one attached hydrogen (secondary N) is 1. The van der Waals surface area contributed by atoms with Gasteiger partial charge in [0.1, 0.15) is 17.5 Å². The normalized spacial score (nSPS) is 24.0. The van der Waals surface area contributed by atoms with Crippen molar-refractivity contribution in [1.82, 2.24) is 20.4 Å². The first kappa shape index (κ1) is 25.8. The minimum atomic E-state index is -1.15. The number of aliphatic imine (C=N–C) groups is 1. The van der Waals surface area contributed by atoms with E-state index in [0.29, 0.717) is 23.7 Å². The summed E-state index contributed by atoms with van der Waals surface area (Å²) in [7, 11) is 0. The molecular weight excluding hydrogens is 482 g/mol. The molecule has 9 heteroatoms. The summed E-state index contributed by atoms with van der Waals surface area (Å²) in [6.07, 6.45) is 1.33. The number of benzene rings is 1. The molecule has 38 heavy (non-hydrogen) atoms. The standard InChI is InChI=1S/C29H33N5O4/c1-16(2)25(24-13-17(3)33-38-24)27(36)34-15-21(35)14-23(34)26-31-28(37)29(5,32-26)20-10-8-19(9-11-20)22-7-6-12-30-18(22)4/h6-13,16,21,23,25,35H,14-15H2,1-5H3,(H,31,32,37)/t21-,23-,25-,29+/m1/s1. The SMILES string of the molecule is Cc1cc([C@H](C(=O)N2C[C@H](O)C[C@@H]2C2=N[C@@](C)(c3ccc(-c4cccnc4C)cc3)C(=O)N2)C(C)C)on1. The summed E-state index contributed by atoms with van der Waals surface area (Å²) >= 11 is 0. The van der Waals surface area contributed by atoms with E-state index in [2.05, 4.69) is 15.5 Å². The van der Waals surface area contributed by atoms with Gasteiger partial charge in [-0.25, -0.2) is 4.99 Å². The van der Waals surface area contributed by atoms with Crippen molar-refractivity contribution < 1.29 is 19.2 Å². The van der Waals surface area contributed by atoms with Crippen molar-refractivity contribution in [3.05, 3.63) is 71.4 Å². The number of hydrogen-bond acceptors (Lipinski definition) is 7. The molecule has 4 heterocycles. The summed E-state index contributed by atoms with van der Waals surface area (Å²) in [5, 5.41) is 17.4. The average Bonchev–Trinajstić information content (AvgIpc) is 3.57. The van der Waals surface area contributed by atoms with E-state index in [1.165, 1.54) is 0 Å². The number of nitrogens with zero attached hydrogens (tertiary/aromatic N) is 4. The maximum absolute atomic E-state index is 13.8. The molecule has 2 aliphatic rings. The fourth-order valence-corrected chi connectivity index (χ4v) is 5.44. The van der Waals surface area contributed by atoms with Crippen LogP contribution in [0.4, 0.5) is 0 Å². The van der Waals surface area contributed by atoms with Crippen LogP contribution < -0.4 is 5.32 Å². The highest BCUT2D eigenvalue weighted by molar-refractivity contribution is 6.11. The third-order valence-corrected chi connectivity index (χ3v) is 7.56. The molecule has 3 aromatic rings. The van der Waals surface area contributed by atoms with Crippen LogP contribution in [-0.4, -0.2) is 56.5 Å². The number of pyridine rings is 1. The highest BCUT2D eigenvalue weighted by Gasteiger charge is 2.48. The lowest BCUT2D eigenvalue weighted by Gasteiger charge is -2.29. The minimum absolute atomic E-state index is 0.0550. The van der Waals surface area contributed by atoms with Crippen molar-refractivity contribution in [2.75, 3.05) is 6.54 Å². The number of carbonyl (C=O) groups excluding carboxylic acids is 2. The Morgan fingerprint density at radius 2 is 1.95 bits per heavy atom. The van der Waals surface area contributed by atoms with E-state index in [-0.39, 0.29) is 24.3 Å². The molecule has 1 fully saturated rings. The number of amides is 2. The Kier molecular flexibility index (Phi) is 6.65. The van der Waals surface area contributed by atoms with Crippen LogP contribution in [0.25, 0.3) is 11.1 Å². The van der Waals surface area contributed by atoms with Gasteiger partial charge in [-0.3, -0.25) is 14.6 Å². The molecule has 0 bridgehead atoms. The molecule has 4 atom stereocenters. The van der Waals surface area contributed by atoms with E-state index in [0.717, 1.165) is 22.4 Å². The van der Waals surface area contributed by atoms with E-state index in [4.69, 9.17) is 9.52 Å². The van der Waals surface area contributed by atoms with Gasteiger partial charge in [0.15, 0.2) is 5.54 Å². The van der Waals surface area contributed by atoms with Gasteiger partial charge in [0.2, 0.25) is 5.91 Å². The van der Waals surface area contributed by atoms with Crippen molar-refractivity contribution in [2.45, 2.75) is 64.6 Å². The van der Waals surface area contributed by atoms with Crippen molar-refractivity contribution in [3.63, 3.8) is 0 Å². The zero-order valence-corrected chi connectivity index (χ0v) is 22.3. The Balaban J connectivity index is 1.43. The van der Waals surface area contributed by atoms with E-state index in [1.54, 1.807) is 24.1 Å². The first-order valence-electron chi connectivity index (χ1n) is 12.9. The number of rotatable bonds is 6. The maximum atomic E-state index is 13.8. The van der Waals surface area contributed by atoms with Gasteiger partial charge in [0.05, 0.1) is 17.8 Å². The van der Waals surface area contributed by atoms with E-state index in [1.807, 2.05) is 64.1 Å². The molecule has 2 amide bonds. The number of amidine groups is 1. The van der Waals surface area contributed by atoms with Gasteiger partial charge in [-0.2, -0.15) is 0 Å². The van der Waals surface area contributed by atoms with Crippen LogP contribution in [0.15, 0.2) is 58.2 Å². The van der Waals surface area contributed by atoms with Crippen molar-refractivity contribution in [3.8, 4) is 11.1 Å². The summed E-state index contributed by atoms with van der Waals surface area (Å²) in [6.45, 7) is 9.60. The molecule has 0 spiro atoms. The monoisotopic (exact) mass is 515 g/mol. The smallest absolute Gasteiger partial charge is 0.257 e. The Hall–Kier alpha value is -3.85. The summed E-state index contributed by atoms with van der Waals surface area (Å²) in [4.78, 5) is 37.8. The zero-order valence-electron chi connectivity index (χ0n) is 22.3. The Labute approximate surface area is 222 Å². The summed E-state index contributed by atoms with van der Waals surface area (Å²) in [6, 6.07) is 12.9. The molecule has 0 saturated carbocycles. The van der Waals surface area contributed by atoms with E-state index < -0.39 is 23.6 Å². The molecule has 0 radical (unpaired) electrons. The molecule has 2 aromatic heterocycles. The van der Waals surface area contributed by atoms with Gasteiger partial charge in [-0.05, 0) is 43.9 Å². The third-order valence-electron chi connectivity index (χ3n) is 7.56. The van der Waals surface area contributed by atoms with Gasteiger partial charge in [0.25, 0.3) is 5.91 Å². The minimum Gasteiger partial charge on any atom is -0.391 e. The Bertz CT molecular complexity index is 1400. The van der Waals surface area contributed by atoms with Crippen molar-refractivity contribution >= 4 is 17.6 Å². The lowest BCUT2D eigenvalue weighted by Crippen LogP contribution is -2.48.